The fraction of sp³-hybridized carbons (Fsp3) is 0.857. The summed E-state index contributed by atoms with van der Waals surface area (Å²) in [7, 11) is 0. The zero-order chi connectivity index (χ0) is 14.8. The molecule has 1 saturated carbocycles. The Balaban J connectivity index is 2.35. The zero-order valence-electron chi connectivity index (χ0n) is 12.8. The number of amides is 1. The van der Waals surface area contributed by atoms with Crippen LogP contribution in [0.4, 0.5) is 0 Å². The molecule has 6 heteroatoms. The topological polar surface area (TPSA) is 82.8 Å². The van der Waals surface area contributed by atoms with Crippen LogP contribution in [0.2, 0.25) is 0 Å². The Morgan fingerprint density at radius 1 is 1.25 bits per heavy atom. The van der Waals surface area contributed by atoms with Crippen LogP contribution < -0.4 is 16.6 Å². The average Bonchev–Trinajstić information content (AvgIpc) is 2.48. The normalized spacial score (nSPS) is 16.9. The van der Waals surface area contributed by atoms with Gasteiger partial charge >= 0.3 is 0 Å². The fourth-order valence-electron chi connectivity index (χ4n) is 2.57. The van der Waals surface area contributed by atoms with Gasteiger partial charge in [0.25, 0.3) is 0 Å². The van der Waals surface area contributed by atoms with E-state index >= 15 is 0 Å². The highest BCUT2D eigenvalue weighted by Gasteiger charge is 2.14. The first-order valence-corrected chi connectivity index (χ1v) is 7.76. The lowest BCUT2D eigenvalue weighted by atomic mass is 9.96. The number of rotatable bonds is 6. The third kappa shape index (κ3) is 5.77. The molecule has 0 unspecified atom stereocenters. The smallest absolute Gasteiger partial charge is 0.224 e. The maximum atomic E-state index is 11.8. The van der Waals surface area contributed by atoms with Gasteiger partial charge in [-0.3, -0.25) is 15.2 Å². The van der Waals surface area contributed by atoms with Crippen molar-refractivity contribution >= 4 is 11.9 Å². The van der Waals surface area contributed by atoms with Crippen molar-refractivity contribution < 1.29 is 4.79 Å². The van der Waals surface area contributed by atoms with Crippen molar-refractivity contribution in [3.05, 3.63) is 0 Å². The summed E-state index contributed by atoms with van der Waals surface area (Å²) in [6.45, 7) is 5.95. The van der Waals surface area contributed by atoms with E-state index in [1.165, 1.54) is 32.1 Å². The molecule has 20 heavy (non-hydrogen) atoms. The molecular weight excluding hydrogens is 254 g/mol. The summed E-state index contributed by atoms with van der Waals surface area (Å²) in [5.74, 6) is 6.23. The third-order valence-electron chi connectivity index (χ3n) is 3.79. The first-order valence-electron chi connectivity index (χ1n) is 7.76. The third-order valence-corrected chi connectivity index (χ3v) is 3.79. The predicted molar refractivity (Wildman–Crippen MR) is 82.2 cm³/mol. The number of aliphatic imine (C=N–C) groups is 1. The molecule has 0 spiro atoms. The first-order chi connectivity index (χ1) is 9.71. The van der Waals surface area contributed by atoms with Crippen molar-refractivity contribution in [2.75, 3.05) is 19.6 Å². The lowest BCUT2D eigenvalue weighted by molar-refractivity contribution is -0.130. The zero-order valence-corrected chi connectivity index (χ0v) is 12.8. The van der Waals surface area contributed by atoms with Crippen LogP contribution in [0, 0.1) is 0 Å². The molecule has 0 aromatic rings. The second-order valence-corrected chi connectivity index (χ2v) is 5.17. The number of nitrogens with two attached hydrogens (primary N) is 1. The highest BCUT2D eigenvalue weighted by molar-refractivity contribution is 5.80. The van der Waals surface area contributed by atoms with Crippen molar-refractivity contribution in [1.29, 1.82) is 0 Å². The van der Waals surface area contributed by atoms with Crippen molar-refractivity contribution in [3.8, 4) is 0 Å². The Bertz CT molecular complexity index is 309. The highest BCUT2D eigenvalue weighted by atomic mass is 16.2. The van der Waals surface area contributed by atoms with Gasteiger partial charge < -0.3 is 10.2 Å². The number of hydrogen-bond donors (Lipinski definition) is 3. The van der Waals surface area contributed by atoms with Crippen molar-refractivity contribution in [1.82, 2.24) is 15.6 Å². The summed E-state index contributed by atoms with van der Waals surface area (Å²) in [5.41, 5.74) is 2.59. The molecule has 0 heterocycles. The van der Waals surface area contributed by atoms with E-state index < -0.39 is 0 Å². The Morgan fingerprint density at radius 3 is 2.45 bits per heavy atom. The van der Waals surface area contributed by atoms with E-state index in [2.05, 4.69) is 15.7 Å². The average molecular weight is 283 g/mol. The lowest BCUT2D eigenvalue weighted by Gasteiger charge is -2.24. The van der Waals surface area contributed by atoms with Crippen LogP contribution in [-0.2, 0) is 4.79 Å². The second-order valence-electron chi connectivity index (χ2n) is 5.17. The minimum Gasteiger partial charge on any atom is -0.353 e. The van der Waals surface area contributed by atoms with Crippen LogP contribution in [0.5, 0.6) is 0 Å². The summed E-state index contributed by atoms with van der Waals surface area (Å²) in [4.78, 5) is 18.0. The maximum Gasteiger partial charge on any atom is 0.224 e. The standard InChI is InChI=1S/C14H29N5O/c1-3-19(4-2)13(20)10-11-16-14(18-15)17-12-8-6-5-7-9-12/h12H,3-11,15H2,1-2H3,(H2,16,17,18). The summed E-state index contributed by atoms with van der Waals surface area (Å²) in [6.07, 6.45) is 6.60. The van der Waals surface area contributed by atoms with Crippen LogP contribution in [0.15, 0.2) is 4.99 Å². The molecule has 0 saturated heterocycles. The Labute approximate surface area is 122 Å². The van der Waals surface area contributed by atoms with Gasteiger partial charge in [-0.05, 0) is 26.7 Å². The first kappa shape index (κ1) is 16.8. The second kappa shape index (κ2) is 9.58. The van der Waals surface area contributed by atoms with Gasteiger partial charge in [-0.2, -0.15) is 0 Å². The number of carbonyl (C=O) groups excluding carboxylic acids is 1. The van der Waals surface area contributed by atoms with Crippen LogP contribution in [-0.4, -0.2) is 42.4 Å². The van der Waals surface area contributed by atoms with E-state index in [0.29, 0.717) is 25.0 Å². The summed E-state index contributed by atoms with van der Waals surface area (Å²) in [5, 5.41) is 3.33. The van der Waals surface area contributed by atoms with Crippen molar-refractivity contribution in [2.24, 2.45) is 10.8 Å². The van der Waals surface area contributed by atoms with Gasteiger partial charge in [0.15, 0.2) is 0 Å². The summed E-state index contributed by atoms with van der Waals surface area (Å²) < 4.78 is 0. The Morgan fingerprint density at radius 2 is 1.90 bits per heavy atom. The van der Waals surface area contributed by atoms with Gasteiger partial charge in [0.05, 0.1) is 6.54 Å². The largest absolute Gasteiger partial charge is 0.353 e. The van der Waals surface area contributed by atoms with E-state index in [-0.39, 0.29) is 5.91 Å². The molecule has 0 aromatic carbocycles. The molecule has 1 aliphatic carbocycles. The molecule has 0 radical (unpaired) electrons. The van der Waals surface area contributed by atoms with Gasteiger partial charge in [0.1, 0.15) is 0 Å². The molecule has 0 aromatic heterocycles. The van der Waals surface area contributed by atoms with Crippen LogP contribution in [0.3, 0.4) is 0 Å². The molecule has 1 amide bonds. The molecule has 0 atom stereocenters. The molecule has 0 aliphatic heterocycles. The molecule has 4 N–H and O–H groups in total. The number of nitrogens with zero attached hydrogens (tertiary/aromatic N) is 2. The molecule has 1 fully saturated rings. The molecule has 116 valence electrons. The van der Waals surface area contributed by atoms with Crippen LogP contribution in [0.25, 0.3) is 0 Å². The van der Waals surface area contributed by atoms with Crippen LogP contribution >= 0.6 is 0 Å². The quantitative estimate of drug-likeness (QED) is 0.294. The molecule has 1 aliphatic rings. The Kier molecular flexibility index (Phi) is 8.02. The van der Waals surface area contributed by atoms with Crippen molar-refractivity contribution in [2.45, 2.75) is 58.4 Å². The van der Waals surface area contributed by atoms with Gasteiger partial charge in [-0.25, -0.2) is 5.84 Å². The highest BCUT2D eigenvalue weighted by Crippen LogP contribution is 2.17. The minimum absolute atomic E-state index is 0.146. The number of hydrogen-bond acceptors (Lipinski definition) is 3. The number of carbonyl (C=O) groups is 1. The number of hydrazine groups is 1. The summed E-state index contributed by atoms with van der Waals surface area (Å²) >= 11 is 0. The lowest BCUT2D eigenvalue weighted by Crippen LogP contribution is -2.47. The van der Waals surface area contributed by atoms with Crippen molar-refractivity contribution in [3.63, 3.8) is 0 Å². The monoisotopic (exact) mass is 283 g/mol. The van der Waals surface area contributed by atoms with E-state index in [1.54, 1.807) is 0 Å². The number of guanidine groups is 1. The molecule has 0 bridgehead atoms. The predicted octanol–water partition coefficient (Wildman–Crippen LogP) is 0.987. The van der Waals surface area contributed by atoms with Crippen LogP contribution in [0.1, 0.15) is 52.4 Å². The number of nitrogens with one attached hydrogen (secondary N) is 2. The van der Waals surface area contributed by atoms with Gasteiger partial charge in [0.2, 0.25) is 11.9 Å². The Hall–Kier alpha value is -1.30. The van der Waals surface area contributed by atoms with E-state index in [9.17, 15) is 4.79 Å². The van der Waals surface area contributed by atoms with Gasteiger partial charge in [0, 0.05) is 25.6 Å². The minimum atomic E-state index is 0.146. The van der Waals surface area contributed by atoms with E-state index in [4.69, 9.17) is 5.84 Å². The molecule has 1 rings (SSSR count). The maximum absolute atomic E-state index is 11.8. The SMILES string of the molecule is CCN(CC)C(=O)CCN=C(NN)NC1CCCCC1. The molecule has 6 nitrogen and oxygen atoms in total. The van der Waals surface area contributed by atoms with E-state index in [0.717, 1.165) is 13.1 Å². The fourth-order valence-corrected chi connectivity index (χ4v) is 2.57. The van der Waals surface area contributed by atoms with Gasteiger partial charge in [-0.1, -0.05) is 19.3 Å². The van der Waals surface area contributed by atoms with Gasteiger partial charge in [-0.15, -0.1) is 0 Å². The summed E-state index contributed by atoms with van der Waals surface area (Å²) in [6, 6.07) is 0.456. The van der Waals surface area contributed by atoms with E-state index in [1.807, 2.05) is 18.7 Å². The molecular formula is C14H29N5O.